The molecular formula is C37H44IN4O3-. The average molecular weight is 720 g/mol. The van der Waals surface area contributed by atoms with E-state index in [1.165, 1.54) is 0 Å². The fourth-order valence-electron chi connectivity index (χ4n) is 5.85. The Morgan fingerprint density at radius 1 is 0.756 bits per heavy atom. The third-order valence-corrected chi connectivity index (χ3v) is 10.9. The van der Waals surface area contributed by atoms with Crippen molar-refractivity contribution in [3.05, 3.63) is 96.1 Å². The first-order valence-corrected chi connectivity index (χ1v) is 18.7. The molecule has 0 spiro atoms. The average Bonchev–Trinajstić information content (AvgIpc) is 3.07. The summed E-state index contributed by atoms with van der Waals surface area (Å²) in [5, 5.41) is 17.4. The van der Waals surface area contributed by atoms with Crippen LogP contribution >= 0.6 is 0 Å². The van der Waals surface area contributed by atoms with E-state index in [-0.39, 0.29) is 21.5 Å². The minimum absolute atomic E-state index is 0.0933. The van der Waals surface area contributed by atoms with Crippen molar-refractivity contribution < 1.29 is 35.6 Å². The zero-order valence-corrected chi connectivity index (χ0v) is 28.1. The summed E-state index contributed by atoms with van der Waals surface area (Å²) in [5.41, 5.74) is 1.97. The van der Waals surface area contributed by atoms with Gasteiger partial charge in [0, 0.05) is 0 Å². The van der Waals surface area contributed by atoms with Crippen LogP contribution in [0.3, 0.4) is 0 Å². The molecule has 7 nitrogen and oxygen atoms in total. The Hall–Kier alpha value is -3.34. The molecule has 5 rings (SSSR count). The van der Waals surface area contributed by atoms with Crippen molar-refractivity contribution in [1.29, 1.82) is 0 Å². The first-order chi connectivity index (χ1) is 22.0. The Morgan fingerprint density at radius 2 is 1.33 bits per heavy atom. The van der Waals surface area contributed by atoms with Gasteiger partial charge < -0.3 is 0 Å². The van der Waals surface area contributed by atoms with Crippen LogP contribution in [0.4, 0.5) is 0 Å². The molecule has 4 N–H and O–H groups in total. The van der Waals surface area contributed by atoms with Crippen molar-refractivity contribution in [2.45, 2.75) is 51.1 Å². The van der Waals surface area contributed by atoms with E-state index in [2.05, 4.69) is 76.7 Å². The Balaban J connectivity index is 1.36. The van der Waals surface area contributed by atoms with Gasteiger partial charge in [-0.1, -0.05) is 0 Å². The van der Waals surface area contributed by atoms with E-state index >= 15 is 0 Å². The van der Waals surface area contributed by atoms with Gasteiger partial charge in [-0.3, -0.25) is 0 Å². The molecule has 0 bridgehead atoms. The maximum absolute atomic E-state index is 14.1. The van der Waals surface area contributed by atoms with Gasteiger partial charge in [0.05, 0.1) is 0 Å². The molecule has 0 aliphatic carbocycles. The van der Waals surface area contributed by atoms with E-state index < -0.39 is 33.3 Å². The molecule has 0 aromatic heterocycles. The van der Waals surface area contributed by atoms with E-state index in [1.54, 1.807) is 0 Å². The van der Waals surface area contributed by atoms with E-state index in [0.29, 0.717) is 12.8 Å². The third-order valence-electron chi connectivity index (χ3n) is 8.37. The molecule has 1 heterocycles. The zero-order valence-electron chi connectivity index (χ0n) is 26.0. The summed E-state index contributed by atoms with van der Waals surface area (Å²) in [6, 6.07) is 27.2. The number of benzene rings is 4. The van der Waals surface area contributed by atoms with Gasteiger partial charge in [0.2, 0.25) is 0 Å². The second-order valence-corrected chi connectivity index (χ2v) is 14.7. The van der Waals surface area contributed by atoms with E-state index in [1.807, 2.05) is 36.4 Å². The van der Waals surface area contributed by atoms with Gasteiger partial charge in [0.15, 0.2) is 0 Å². The monoisotopic (exact) mass is 719 g/mol. The molecule has 0 saturated carbocycles. The molecule has 4 aromatic rings. The van der Waals surface area contributed by atoms with E-state index in [9.17, 15) is 14.4 Å². The van der Waals surface area contributed by atoms with Crippen LogP contribution in [0.25, 0.3) is 21.5 Å². The summed E-state index contributed by atoms with van der Waals surface area (Å²) in [6.45, 7) is 5.45. The van der Waals surface area contributed by atoms with Crippen molar-refractivity contribution in [2.24, 2.45) is 5.92 Å². The summed E-state index contributed by atoms with van der Waals surface area (Å²) in [5.74, 6) is -0.531. The fourth-order valence-corrected chi connectivity index (χ4v) is 7.94. The Morgan fingerprint density at radius 3 is 1.93 bits per heavy atom. The van der Waals surface area contributed by atoms with Crippen LogP contribution in [-0.2, 0) is 27.2 Å². The quantitative estimate of drug-likeness (QED) is 0.0645. The number of rotatable bonds is 15. The molecule has 1 saturated heterocycles. The van der Waals surface area contributed by atoms with E-state index in [0.717, 1.165) is 82.5 Å². The van der Waals surface area contributed by atoms with Crippen LogP contribution in [0.5, 0.6) is 0 Å². The Bertz CT molecular complexity index is 1600. The number of carbonyl (C=O) groups is 3. The summed E-state index contributed by atoms with van der Waals surface area (Å²) in [6.07, 6.45) is 3.31. The molecule has 2 unspecified atom stereocenters. The number of halogens is 1. The fraction of sp³-hybridized carbons (Fsp3) is 0.378. The molecule has 238 valence electrons. The molecular weight excluding hydrogens is 675 g/mol. The Kier molecular flexibility index (Phi) is 12.3. The normalized spacial score (nSPS) is 15.1. The first-order valence-electron chi connectivity index (χ1n) is 16.1. The Labute approximate surface area is 276 Å². The van der Waals surface area contributed by atoms with Crippen molar-refractivity contribution in [3.63, 3.8) is 0 Å². The SMILES string of the molecule is CCCNCC[I-]C(=O)C(Cc1ccc2ccccc2c1)NC(=O)C(Cc1ccc2ccccc2c1)NC(=O)C1CCNCC1. The maximum atomic E-state index is 14.1. The minimum atomic E-state index is -0.789. The molecule has 4 aromatic carbocycles. The van der Waals surface area contributed by atoms with Gasteiger partial charge in [-0.15, -0.1) is 0 Å². The van der Waals surface area contributed by atoms with Crippen LogP contribution in [0.15, 0.2) is 84.9 Å². The summed E-state index contributed by atoms with van der Waals surface area (Å²) >= 11 is -0.789. The van der Waals surface area contributed by atoms with Gasteiger partial charge in [-0.05, 0) is 0 Å². The van der Waals surface area contributed by atoms with Crippen molar-refractivity contribution in [2.75, 3.05) is 30.6 Å². The predicted molar refractivity (Wildman–Crippen MR) is 178 cm³/mol. The van der Waals surface area contributed by atoms with Crippen LogP contribution in [-0.4, -0.2) is 58.3 Å². The van der Waals surface area contributed by atoms with Gasteiger partial charge in [-0.25, -0.2) is 0 Å². The van der Waals surface area contributed by atoms with Gasteiger partial charge in [0.1, 0.15) is 0 Å². The van der Waals surface area contributed by atoms with Crippen molar-refractivity contribution >= 4 is 37.1 Å². The summed E-state index contributed by atoms with van der Waals surface area (Å²) in [7, 11) is 0. The number of alkyl halides is 1. The number of carbonyl (C=O) groups excluding carboxylic acids is 3. The van der Waals surface area contributed by atoms with Crippen LogP contribution in [0, 0.1) is 5.92 Å². The zero-order chi connectivity index (χ0) is 31.4. The summed E-state index contributed by atoms with van der Waals surface area (Å²) < 4.78 is 0.928. The number of hydrogen-bond donors (Lipinski definition) is 4. The predicted octanol–water partition coefficient (Wildman–Crippen LogP) is 1.36. The molecule has 0 radical (unpaired) electrons. The molecule has 8 heteroatoms. The number of amides is 2. The topological polar surface area (TPSA) is 99.3 Å². The number of nitrogens with one attached hydrogen (secondary N) is 4. The van der Waals surface area contributed by atoms with Gasteiger partial charge >= 0.3 is 278 Å². The third kappa shape index (κ3) is 9.58. The van der Waals surface area contributed by atoms with Crippen molar-refractivity contribution in [3.8, 4) is 0 Å². The van der Waals surface area contributed by atoms with E-state index in [4.69, 9.17) is 0 Å². The van der Waals surface area contributed by atoms with Crippen LogP contribution in [0.2, 0.25) is 0 Å². The second kappa shape index (κ2) is 16.8. The molecule has 1 aliphatic heterocycles. The molecule has 45 heavy (non-hydrogen) atoms. The van der Waals surface area contributed by atoms with Crippen LogP contribution in [0.1, 0.15) is 37.3 Å². The first kappa shape index (κ1) is 33.0. The molecule has 2 atom stereocenters. The van der Waals surface area contributed by atoms with Gasteiger partial charge in [0.25, 0.3) is 0 Å². The number of fused-ring (bicyclic) bond motifs is 2. The van der Waals surface area contributed by atoms with Crippen molar-refractivity contribution in [1.82, 2.24) is 21.3 Å². The molecule has 1 fully saturated rings. The van der Waals surface area contributed by atoms with Crippen LogP contribution < -0.4 is 42.5 Å². The number of hydrogen-bond acceptors (Lipinski definition) is 5. The number of piperidine rings is 1. The molecule has 1 aliphatic rings. The standard InChI is InChI=1S/C37H44IN4O3/c1-2-18-39-21-17-38-35(43)33(24-26-11-13-28-7-3-5-9-31(28)22-26)41-37(45)34(42-36(44)30-15-19-40-20-16-30)25-27-12-14-29-8-4-6-10-32(29)23-27/h3-14,22-23,30,33-34,39-40H,2,15-21,24-25H2,1H3,(H,41,45)(H,42,44)/q-1. The second-order valence-electron chi connectivity index (χ2n) is 11.8. The molecule has 2 amide bonds. The summed E-state index contributed by atoms with van der Waals surface area (Å²) in [4.78, 5) is 41.2. The van der Waals surface area contributed by atoms with Gasteiger partial charge in [-0.2, -0.15) is 0 Å².